The summed E-state index contributed by atoms with van der Waals surface area (Å²) in [5.74, 6) is 0. The molecule has 2 N–H and O–H groups in total. The van der Waals surface area contributed by atoms with Crippen LogP contribution in [-0.2, 0) is 23.1 Å². The molecule has 114 valence electrons. The normalized spacial score (nSPS) is 15.8. The topological polar surface area (TPSA) is 102 Å². The summed E-state index contributed by atoms with van der Waals surface area (Å²) in [5, 5.41) is 18.2. The molecule has 2 atom stereocenters. The molecule has 0 fully saturated rings. The van der Waals surface area contributed by atoms with Gasteiger partial charge in [0.05, 0.1) is 18.8 Å². The predicted molar refractivity (Wildman–Crippen MR) is 68.9 cm³/mol. The Morgan fingerprint density at radius 3 is 1.95 bits per heavy atom. The molecule has 0 aliphatic heterocycles. The Bertz CT molecular complexity index is 291. The van der Waals surface area contributed by atoms with E-state index in [1.807, 2.05) is 0 Å². The lowest BCUT2D eigenvalue weighted by molar-refractivity contribution is -0.125. The van der Waals surface area contributed by atoms with Crippen molar-refractivity contribution in [1.82, 2.24) is 0 Å². The van der Waals surface area contributed by atoms with Gasteiger partial charge in [-0.1, -0.05) is 0 Å². The first-order valence-corrected chi connectivity index (χ1v) is 7.78. The molecule has 8 heteroatoms. The van der Waals surface area contributed by atoms with Crippen LogP contribution in [0.1, 0.15) is 27.7 Å². The van der Waals surface area contributed by atoms with Crippen molar-refractivity contribution < 1.29 is 33.4 Å². The van der Waals surface area contributed by atoms with Gasteiger partial charge in [0.15, 0.2) is 6.29 Å². The molecule has 0 amide bonds. The van der Waals surface area contributed by atoms with Crippen molar-refractivity contribution in [1.29, 1.82) is 0 Å². The zero-order chi connectivity index (χ0) is 15.1. The fraction of sp³-hybridized carbons (Fsp3) is 0.909. The van der Waals surface area contributed by atoms with Gasteiger partial charge in [0.1, 0.15) is 18.6 Å². The van der Waals surface area contributed by atoms with Gasteiger partial charge in [0.25, 0.3) is 0 Å². The first-order chi connectivity index (χ1) is 8.74. The van der Waals surface area contributed by atoms with E-state index >= 15 is 0 Å². The Hall–Kier alpha value is -0.300. The van der Waals surface area contributed by atoms with E-state index in [1.165, 1.54) is 0 Å². The van der Waals surface area contributed by atoms with E-state index < -0.39 is 32.8 Å². The molecule has 0 bridgehead atoms. The SMILES string of the molecule is CC(C)OP(=O)(CO[C@@H](CO)[C@@H](O)C=O)OC(C)C. The highest BCUT2D eigenvalue weighted by molar-refractivity contribution is 7.53. The Balaban J connectivity index is 4.64. The summed E-state index contributed by atoms with van der Waals surface area (Å²) >= 11 is 0. The molecule has 0 aliphatic rings. The van der Waals surface area contributed by atoms with Crippen LogP contribution in [0.15, 0.2) is 0 Å². The Labute approximate surface area is 113 Å². The molecule has 0 saturated carbocycles. The molecule has 0 saturated heterocycles. The molecule has 0 aliphatic carbocycles. The van der Waals surface area contributed by atoms with Crippen LogP contribution >= 0.6 is 7.60 Å². The number of carbonyl (C=O) groups excluding carboxylic acids is 1. The van der Waals surface area contributed by atoms with E-state index in [-0.39, 0.29) is 18.5 Å². The summed E-state index contributed by atoms with van der Waals surface area (Å²) in [4.78, 5) is 10.4. The summed E-state index contributed by atoms with van der Waals surface area (Å²) in [6.45, 7) is 6.20. The van der Waals surface area contributed by atoms with Gasteiger partial charge >= 0.3 is 7.60 Å². The molecule has 0 unspecified atom stereocenters. The molecule has 0 rings (SSSR count). The highest BCUT2D eigenvalue weighted by atomic mass is 31.2. The van der Waals surface area contributed by atoms with Gasteiger partial charge in [0.2, 0.25) is 0 Å². The van der Waals surface area contributed by atoms with Crippen LogP contribution in [0.5, 0.6) is 0 Å². The predicted octanol–water partition coefficient (Wildman–Crippen LogP) is 0.924. The van der Waals surface area contributed by atoms with Crippen LogP contribution < -0.4 is 0 Å². The molecule has 0 heterocycles. The average molecular weight is 298 g/mol. The highest BCUT2D eigenvalue weighted by Crippen LogP contribution is 2.50. The van der Waals surface area contributed by atoms with Crippen LogP contribution in [-0.4, -0.2) is 53.9 Å². The third-order valence-corrected chi connectivity index (χ3v) is 3.84. The van der Waals surface area contributed by atoms with Crippen LogP contribution in [0.4, 0.5) is 0 Å². The average Bonchev–Trinajstić information content (AvgIpc) is 2.26. The first-order valence-electron chi connectivity index (χ1n) is 6.05. The van der Waals surface area contributed by atoms with E-state index in [1.54, 1.807) is 27.7 Å². The lowest BCUT2D eigenvalue weighted by atomic mass is 10.2. The summed E-state index contributed by atoms with van der Waals surface area (Å²) < 4.78 is 27.8. The standard InChI is InChI=1S/C11H23O7P/c1-8(2)17-19(15,18-9(3)4)7-16-11(6-13)10(14)5-12/h5,8-11,13-14H,6-7H2,1-4H3/t10-,11-/m0/s1. The maximum atomic E-state index is 12.3. The lowest BCUT2D eigenvalue weighted by Crippen LogP contribution is -2.34. The second-order valence-electron chi connectivity index (χ2n) is 4.56. The fourth-order valence-corrected chi connectivity index (χ4v) is 3.09. The Morgan fingerprint density at radius 1 is 1.16 bits per heavy atom. The minimum Gasteiger partial charge on any atom is -0.394 e. The number of aldehydes is 1. The molecule has 0 spiro atoms. The van der Waals surface area contributed by atoms with Gasteiger partial charge in [-0.3, -0.25) is 4.57 Å². The van der Waals surface area contributed by atoms with E-state index in [0.29, 0.717) is 0 Å². The number of carbonyl (C=O) groups is 1. The van der Waals surface area contributed by atoms with Crippen molar-refractivity contribution in [2.75, 3.05) is 13.0 Å². The summed E-state index contributed by atoms with van der Waals surface area (Å²) in [5.41, 5.74) is 0. The minimum atomic E-state index is -3.51. The summed E-state index contributed by atoms with van der Waals surface area (Å²) in [6.07, 6.45) is -3.53. The van der Waals surface area contributed by atoms with E-state index in [4.69, 9.17) is 18.9 Å². The van der Waals surface area contributed by atoms with E-state index in [2.05, 4.69) is 0 Å². The second kappa shape index (κ2) is 8.79. The molecule has 0 aromatic heterocycles. The summed E-state index contributed by atoms with van der Waals surface area (Å²) in [6, 6.07) is 0. The molecule has 0 aromatic carbocycles. The second-order valence-corrected chi connectivity index (χ2v) is 6.46. The largest absolute Gasteiger partial charge is 0.394 e. The Morgan fingerprint density at radius 2 is 1.63 bits per heavy atom. The number of rotatable bonds is 10. The lowest BCUT2D eigenvalue weighted by Gasteiger charge is -2.25. The third kappa shape index (κ3) is 7.77. The molecular weight excluding hydrogens is 275 g/mol. The summed E-state index contributed by atoms with van der Waals surface area (Å²) in [7, 11) is -3.51. The Kier molecular flexibility index (Phi) is 8.65. The monoisotopic (exact) mass is 298 g/mol. The van der Waals surface area contributed by atoms with Crippen LogP contribution in [0, 0.1) is 0 Å². The number of ether oxygens (including phenoxy) is 1. The first kappa shape index (κ1) is 18.7. The fourth-order valence-electron chi connectivity index (χ4n) is 1.26. The van der Waals surface area contributed by atoms with Gasteiger partial charge in [-0.2, -0.15) is 0 Å². The van der Waals surface area contributed by atoms with Crippen LogP contribution in [0.25, 0.3) is 0 Å². The van der Waals surface area contributed by atoms with Gasteiger partial charge in [-0.25, -0.2) is 0 Å². The minimum absolute atomic E-state index is 0.235. The van der Waals surface area contributed by atoms with Crippen LogP contribution in [0.3, 0.4) is 0 Å². The number of aliphatic hydroxyl groups is 2. The zero-order valence-corrected chi connectivity index (χ0v) is 12.6. The van der Waals surface area contributed by atoms with Gasteiger partial charge in [0, 0.05) is 0 Å². The molecular formula is C11H23O7P. The van der Waals surface area contributed by atoms with Gasteiger partial charge in [-0.05, 0) is 27.7 Å². The zero-order valence-electron chi connectivity index (χ0n) is 11.7. The molecule has 7 nitrogen and oxygen atoms in total. The van der Waals surface area contributed by atoms with Crippen molar-refractivity contribution in [3.8, 4) is 0 Å². The van der Waals surface area contributed by atoms with Crippen molar-refractivity contribution in [3.05, 3.63) is 0 Å². The number of aliphatic hydroxyl groups excluding tert-OH is 2. The van der Waals surface area contributed by atoms with Crippen molar-refractivity contribution >= 4 is 13.9 Å². The number of hydrogen-bond donors (Lipinski definition) is 2. The van der Waals surface area contributed by atoms with E-state index in [0.717, 1.165) is 0 Å². The molecule has 0 radical (unpaired) electrons. The van der Waals surface area contributed by atoms with Crippen molar-refractivity contribution in [2.24, 2.45) is 0 Å². The maximum Gasteiger partial charge on any atom is 0.356 e. The van der Waals surface area contributed by atoms with Gasteiger partial charge in [-0.15, -0.1) is 0 Å². The van der Waals surface area contributed by atoms with Crippen LogP contribution in [0.2, 0.25) is 0 Å². The van der Waals surface area contributed by atoms with Gasteiger partial charge < -0.3 is 28.8 Å². The quantitative estimate of drug-likeness (QED) is 0.457. The molecule has 0 aromatic rings. The smallest absolute Gasteiger partial charge is 0.356 e. The highest BCUT2D eigenvalue weighted by Gasteiger charge is 2.31. The van der Waals surface area contributed by atoms with E-state index in [9.17, 15) is 14.5 Å². The number of hydrogen-bond acceptors (Lipinski definition) is 7. The van der Waals surface area contributed by atoms with Crippen molar-refractivity contribution in [2.45, 2.75) is 52.1 Å². The molecule has 19 heavy (non-hydrogen) atoms. The maximum absolute atomic E-state index is 12.3. The van der Waals surface area contributed by atoms with Crippen molar-refractivity contribution in [3.63, 3.8) is 0 Å². The third-order valence-electron chi connectivity index (χ3n) is 1.89.